The summed E-state index contributed by atoms with van der Waals surface area (Å²) in [4.78, 5) is 23.7. The van der Waals surface area contributed by atoms with Crippen LogP contribution in [0.15, 0.2) is 24.4 Å². The molecule has 0 fully saturated rings. The van der Waals surface area contributed by atoms with Crippen molar-refractivity contribution in [3.63, 3.8) is 0 Å². The van der Waals surface area contributed by atoms with E-state index < -0.39 is 0 Å². The fraction of sp³-hybridized carbons (Fsp3) is 0.231. The van der Waals surface area contributed by atoms with Crippen LogP contribution in [0.5, 0.6) is 0 Å². The molecule has 96 valence electrons. The van der Waals surface area contributed by atoms with Crippen LogP contribution in [0.3, 0.4) is 0 Å². The molecule has 18 heavy (non-hydrogen) atoms. The van der Waals surface area contributed by atoms with Gasteiger partial charge in [0.25, 0.3) is 0 Å². The van der Waals surface area contributed by atoms with Gasteiger partial charge in [0, 0.05) is 25.3 Å². The first-order valence-corrected chi connectivity index (χ1v) is 5.50. The highest BCUT2D eigenvalue weighted by molar-refractivity contribution is 5.83. The minimum absolute atomic E-state index is 0.0784. The van der Waals surface area contributed by atoms with Crippen LogP contribution in [0.25, 0.3) is 6.08 Å². The molecule has 0 atom stereocenters. The van der Waals surface area contributed by atoms with E-state index in [1.165, 1.54) is 0 Å². The van der Waals surface area contributed by atoms with Crippen LogP contribution in [0.2, 0.25) is 0 Å². The molecule has 0 heterocycles. The molecule has 0 radical (unpaired) electrons. The van der Waals surface area contributed by atoms with Gasteiger partial charge in [-0.3, -0.25) is 9.59 Å². The fourth-order valence-corrected chi connectivity index (χ4v) is 1.41. The van der Waals surface area contributed by atoms with Crippen LogP contribution < -0.4 is 11.1 Å². The second-order valence-corrected chi connectivity index (χ2v) is 3.91. The van der Waals surface area contributed by atoms with E-state index in [0.717, 1.165) is 11.8 Å². The monoisotopic (exact) mass is 247 g/mol. The van der Waals surface area contributed by atoms with Gasteiger partial charge < -0.3 is 16.0 Å². The van der Waals surface area contributed by atoms with Crippen molar-refractivity contribution in [2.24, 2.45) is 0 Å². The minimum atomic E-state index is -0.0784. The van der Waals surface area contributed by atoms with E-state index in [4.69, 9.17) is 5.73 Å². The zero-order valence-electron chi connectivity index (χ0n) is 10.5. The van der Waals surface area contributed by atoms with Crippen molar-refractivity contribution in [2.45, 2.75) is 0 Å². The van der Waals surface area contributed by atoms with Crippen molar-refractivity contribution in [3.05, 3.63) is 35.5 Å². The van der Waals surface area contributed by atoms with Gasteiger partial charge in [0.05, 0.1) is 6.54 Å². The second-order valence-electron chi connectivity index (χ2n) is 3.91. The molecule has 0 saturated heterocycles. The van der Waals surface area contributed by atoms with Gasteiger partial charge in [-0.1, -0.05) is 0 Å². The number of hydrogen-bond donors (Lipinski definition) is 2. The van der Waals surface area contributed by atoms with Crippen LogP contribution in [-0.4, -0.2) is 37.7 Å². The Kier molecular flexibility index (Phi) is 4.92. The lowest BCUT2D eigenvalue weighted by atomic mass is 10.1. The Morgan fingerprint density at radius 3 is 2.78 bits per heavy atom. The number of nitrogen functional groups attached to an aromatic ring is 1. The van der Waals surface area contributed by atoms with Crippen LogP contribution >= 0.6 is 0 Å². The smallest absolute Gasteiger partial charge is 0.239 e. The molecule has 0 spiro atoms. The molecule has 1 amide bonds. The van der Waals surface area contributed by atoms with Crippen molar-refractivity contribution < 1.29 is 9.59 Å². The molecule has 0 aliphatic heterocycles. The molecule has 1 rings (SSSR count). The predicted octanol–water partition coefficient (Wildman–Crippen LogP) is 0.730. The Bertz CT molecular complexity index is 469. The summed E-state index contributed by atoms with van der Waals surface area (Å²) in [7, 11) is 3.36. The van der Waals surface area contributed by atoms with Gasteiger partial charge in [-0.05, 0) is 36.0 Å². The molecule has 0 aliphatic carbocycles. The SMILES string of the molecule is CNC(=O)CN(C)/C=C\c1cc(N)ccc1C=O. The summed E-state index contributed by atoms with van der Waals surface area (Å²) >= 11 is 0. The first-order valence-electron chi connectivity index (χ1n) is 5.50. The number of nitrogens with one attached hydrogen (secondary N) is 1. The number of aldehydes is 1. The Balaban J connectivity index is 2.80. The van der Waals surface area contributed by atoms with Gasteiger partial charge in [0.2, 0.25) is 5.91 Å². The summed E-state index contributed by atoms with van der Waals surface area (Å²) in [6, 6.07) is 5.06. The summed E-state index contributed by atoms with van der Waals surface area (Å²) in [6.45, 7) is 0.256. The number of carbonyl (C=O) groups excluding carboxylic acids is 2. The molecular weight excluding hydrogens is 230 g/mol. The molecule has 0 bridgehead atoms. The Morgan fingerprint density at radius 1 is 1.44 bits per heavy atom. The van der Waals surface area contributed by atoms with Gasteiger partial charge in [0.15, 0.2) is 6.29 Å². The van der Waals surface area contributed by atoms with Crippen molar-refractivity contribution in [1.82, 2.24) is 10.2 Å². The average Bonchev–Trinajstić information content (AvgIpc) is 2.36. The first kappa shape index (κ1) is 13.8. The van der Waals surface area contributed by atoms with Crippen molar-refractivity contribution >= 4 is 24.0 Å². The number of amides is 1. The zero-order valence-corrected chi connectivity index (χ0v) is 10.5. The van der Waals surface area contributed by atoms with Gasteiger partial charge in [-0.2, -0.15) is 0 Å². The number of likely N-dealkylation sites (N-methyl/N-ethyl adjacent to an activating group) is 2. The molecular formula is C13H17N3O2. The molecule has 5 heteroatoms. The van der Waals surface area contributed by atoms with Crippen LogP contribution in [0.4, 0.5) is 5.69 Å². The quantitative estimate of drug-likeness (QED) is 0.594. The summed E-state index contributed by atoms with van der Waals surface area (Å²) in [5.41, 5.74) is 7.55. The summed E-state index contributed by atoms with van der Waals surface area (Å²) in [5.74, 6) is -0.0784. The molecule has 5 nitrogen and oxygen atoms in total. The topological polar surface area (TPSA) is 75.4 Å². The first-order chi connectivity index (χ1) is 8.56. The van der Waals surface area contributed by atoms with Gasteiger partial charge in [0.1, 0.15) is 0 Å². The number of rotatable bonds is 5. The molecule has 0 saturated carbocycles. The maximum Gasteiger partial charge on any atom is 0.239 e. The van der Waals surface area contributed by atoms with Crippen LogP contribution in [0.1, 0.15) is 15.9 Å². The number of nitrogens with two attached hydrogens (primary N) is 1. The highest BCUT2D eigenvalue weighted by Crippen LogP contribution is 2.13. The third kappa shape index (κ3) is 3.93. The number of benzene rings is 1. The molecule has 0 aliphatic rings. The minimum Gasteiger partial charge on any atom is -0.399 e. The molecule has 0 unspecified atom stereocenters. The highest BCUT2D eigenvalue weighted by atomic mass is 16.1. The lowest BCUT2D eigenvalue weighted by Gasteiger charge is -2.12. The zero-order chi connectivity index (χ0) is 13.5. The summed E-state index contributed by atoms with van der Waals surface area (Å²) < 4.78 is 0. The average molecular weight is 247 g/mol. The summed E-state index contributed by atoms with van der Waals surface area (Å²) in [5, 5.41) is 2.54. The standard InChI is InChI=1S/C13H17N3O2/c1-15-13(18)8-16(2)6-5-10-7-12(14)4-3-11(10)9-17/h3-7,9H,8,14H2,1-2H3,(H,15,18)/b6-5-. The van der Waals surface area contributed by atoms with Gasteiger partial charge in [-0.25, -0.2) is 0 Å². The lowest BCUT2D eigenvalue weighted by molar-refractivity contribution is -0.120. The van der Waals surface area contributed by atoms with E-state index in [0.29, 0.717) is 11.3 Å². The Hall–Kier alpha value is -2.30. The molecule has 3 N–H and O–H groups in total. The molecule has 0 aromatic heterocycles. The number of carbonyl (C=O) groups is 2. The number of hydrogen-bond acceptors (Lipinski definition) is 4. The molecule has 1 aromatic rings. The molecule has 1 aromatic carbocycles. The van der Waals surface area contributed by atoms with Crippen molar-refractivity contribution in [3.8, 4) is 0 Å². The van der Waals surface area contributed by atoms with Crippen molar-refractivity contribution in [2.75, 3.05) is 26.4 Å². The van der Waals surface area contributed by atoms with Crippen LogP contribution in [0, 0.1) is 0 Å². The normalized spacial score (nSPS) is 10.3. The third-order valence-electron chi connectivity index (χ3n) is 2.42. The van der Waals surface area contributed by atoms with E-state index in [-0.39, 0.29) is 12.5 Å². The van der Waals surface area contributed by atoms with Gasteiger partial charge in [-0.15, -0.1) is 0 Å². The Labute approximate surface area is 106 Å². The van der Waals surface area contributed by atoms with E-state index >= 15 is 0 Å². The summed E-state index contributed by atoms with van der Waals surface area (Å²) in [6.07, 6.45) is 4.26. The van der Waals surface area contributed by atoms with Gasteiger partial charge >= 0.3 is 0 Å². The number of nitrogens with zero attached hydrogens (tertiary/aromatic N) is 1. The maximum absolute atomic E-state index is 11.1. The highest BCUT2D eigenvalue weighted by Gasteiger charge is 2.01. The predicted molar refractivity (Wildman–Crippen MR) is 72.0 cm³/mol. The number of anilines is 1. The van der Waals surface area contributed by atoms with E-state index in [1.807, 2.05) is 0 Å². The van der Waals surface area contributed by atoms with E-state index in [1.54, 1.807) is 49.5 Å². The Morgan fingerprint density at radius 2 is 2.17 bits per heavy atom. The lowest BCUT2D eigenvalue weighted by Crippen LogP contribution is -2.29. The van der Waals surface area contributed by atoms with Crippen molar-refractivity contribution in [1.29, 1.82) is 0 Å². The van der Waals surface area contributed by atoms with E-state index in [2.05, 4.69) is 5.32 Å². The second kappa shape index (κ2) is 6.44. The third-order valence-corrected chi connectivity index (χ3v) is 2.42. The maximum atomic E-state index is 11.1. The largest absolute Gasteiger partial charge is 0.399 e. The van der Waals surface area contributed by atoms with E-state index in [9.17, 15) is 9.59 Å². The van der Waals surface area contributed by atoms with Crippen LogP contribution in [-0.2, 0) is 4.79 Å². The fourth-order valence-electron chi connectivity index (χ4n) is 1.41.